The van der Waals surface area contributed by atoms with Crippen LogP contribution in [0.15, 0.2) is 206 Å². The Labute approximate surface area is 318 Å². The Kier molecular flexibility index (Phi) is 8.05. The van der Waals surface area contributed by atoms with Gasteiger partial charge in [-0.3, -0.25) is 0 Å². The zero-order valence-corrected chi connectivity index (χ0v) is 30.2. The third-order valence-corrected chi connectivity index (χ3v) is 11.3. The summed E-state index contributed by atoms with van der Waals surface area (Å²) in [6.45, 7) is 0. The molecular formula is C51H34N2S. The largest absolute Gasteiger partial charge is 0.310 e. The van der Waals surface area contributed by atoms with Crippen molar-refractivity contribution in [1.82, 2.24) is 4.98 Å². The molecule has 1 heterocycles. The lowest BCUT2D eigenvalue weighted by molar-refractivity contribution is 1.28. The maximum absolute atomic E-state index is 5.18. The van der Waals surface area contributed by atoms with Crippen molar-refractivity contribution < 1.29 is 0 Å². The van der Waals surface area contributed by atoms with Crippen molar-refractivity contribution in [2.24, 2.45) is 0 Å². The number of fused-ring (bicyclic) bond motifs is 5. The minimum Gasteiger partial charge on any atom is -0.310 e. The van der Waals surface area contributed by atoms with Crippen molar-refractivity contribution in [3.8, 4) is 44.0 Å². The molecule has 54 heavy (non-hydrogen) atoms. The Balaban J connectivity index is 1.04. The summed E-state index contributed by atoms with van der Waals surface area (Å²) in [6, 6.07) is 74.1. The van der Waals surface area contributed by atoms with Crippen LogP contribution in [-0.2, 0) is 0 Å². The molecule has 0 spiro atoms. The van der Waals surface area contributed by atoms with E-state index in [1.165, 1.54) is 59.6 Å². The van der Waals surface area contributed by atoms with Gasteiger partial charge < -0.3 is 4.90 Å². The Hall–Kier alpha value is -6.81. The molecule has 0 aliphatic carbocycles. The van der Waals surface area contributed by atoms with Crippen LogP contribution >= 0.6 is 11.3 Å². The number of aromatic nitrogens is 1. The van der Waals surface area contributed by atoms with Gasteiger partial charge in [0.05, 0.1) is 10.2 Å². The zero-order chi connectivity index (χ0) is 35.8. The highest BCUT2D eigenvalue weighted by molar-refractivity contribution is 7.21. The van der Waals surface area contributed by atoms with E-state index in [0.29, 0.717) is 0 Å². The number of anilines is 3. The number of thiazole rings is 1. The number of hydrogen-bond acceptors (Lipinski definition) is 3. The van der Waals surface area contributed by atoms with Gasteiger partial charge in [0.25, 0.3) is 0 Å². The number of rotatable bonds is 7. The standard InChI is InChI=1S/C51H34N2S/c1-4-12-35(13-5-1)40-18-10-20-45(33-40)53(46-21-11-19-41(34-46)36-14-6-2-7-15-36)44-28-24-37(25-29-44)42-26-30-47-43(32-42)23-22-38-27-31-48-50(49(38)47)52-51(54-48)39-16-8-3-9-17-39/h1-34H. The van der Waals surface area contributed by atoms with Crippen LogP contribution in [0.5, 0.6) is 0 Å². The first-order valence-electron chi connectivity index (χ1n) is 18.3. The van der Waals surface area contributed by atoms with Gasteiger partial charge in [-0.2, -0.15) is 0 Å². The van der Waals surface area contributed by atoms with Gasteiger partial charge in [-0.15, -0.1) is 11.3 Å². The second kappa shape index (κ2) is 13.6. The van der Waals surface area contributed by atoms with Crippen molar-refractivity contribution in [2.75, 3.05) is 4.90 Å². The van der Waals surface area contributed by atoms with E-state index in [0.717, 1.165) is 33.1 Å². The van der Waals surface area contributed by atoms with Crippen molar-refractivity contribution in [3.63, 3.8) is 0 Å². The molecule has 1 aromatic heterocycles. The lowest BCUT2D eigenvalue weighted by atomic mass is 9.96. The molecule has 9 aromatic carbocycles. The monoisotopic (exact) mass is 706 g/mol. The van der Waals surface area contributed by atoms with Gasteiger partial charge in [-0.05, 0) is 98.1 Å². The average Bonchev–Trinajstić information content (AvgIpc) is 3.70. The van der Waals surface area contributed by atoms with Gasteiger partial charge in [-0.25, -0.2) is 4.98 Å². The van der Waals surface area contributed by atoms with Crippen molar-refractivity contribution in [1.29, 1.82) is 0 Å². The molecule has 0 aliphatic heterocycles. The van der Waals surface area contributed by atoms with E-state index < -0.39 is 0 Å². The molecular weight excluding hydrogens is 673 g/mol. The molecule has 0 saturated heterocycles. The first-order valence-corrected chi connectivity index (χ1v) is 19.1. The summed E-state index contributed by atoms with van der Waals surface area (Å²) >= 11 is 1.76. The van der Waals surface area contributed by atoms with Gasteiger partial charge in [0.1, 0.15) is 5.01 Å². The highest BCUT2D eigenvalue weighted by atomic mass is 32.1. The van der Waals surface area contributed by atoms with Crippen LogP contribution in [0, 0.1) is 0 Å². The summed E-state index contributed by atoms with van der Waals surface area (Å²) in [5, 5.41) is 5.93. The average molecular weight is 707 g/mol. The van der Waals surface area contributed by atoms with E-state index in [9.17, 15) is 0 Å². The lowest BCUT2D eigenvalue weighted by Gasteiger charge is -2.27. The third kappa shape index (κ3) is 5.91. The predicted octanol–water partition coefficient (Wildman–Crippen LogP) is 14.7. The molecule has 0 amide bonds. The SMILES string of the molecule is c1ccc(-c2cccc(N(c3ccc(-c4ccc5c(ccc6ccc7sc(-c8ccccc8)nc7c65)c4)cc3)c3cccc(-c4ccccc4)c3)c2)cc1. The van der Waals surface area contributed by atoms with E-state index in [2.05, 4.69) is 211 Å². The highest BCUT2D eigenvalue weighted by Crippen LogP contribution is 2.41. The van der Waals surface area contributed by atoms with Crippen LogP contribution in [0.2, 0.25) is 0 Å². The second-order valence-electron chi connectivity index (χ2n) is 13.6. The molecule has 0 aliphatic rings. The molecule has 0 unspecified atom stereocenters. The van der Waals surface area contributed by atoms with Crippen LogP contribution < -0.4 is 4.90 Å². The van der Waals surface area contributed by atoms with Crippen LogP contribution in [0.4, 0.5) is 17.1 Å². The molecule has 2 nitrogen and oxygen atoms in total. The first kappa shape index (κ1) is 31.9. The van der Waals surface area contributed by atoms with E-state index in [1.54, 1.807) is 11.3 Å². The first-order chi connectivity index (χ1) is 26.7. The highest BCUT2D eigenvalue weighted by Gasteiger charge is 2.16. The van der Waals surface area contributed by atoms with Gasteiger partial charge in [0.2, 0.25) is 0 Å². The smallest absolute Gasteiger partial charge is 0.124 e. The van der Waals surface area contributed by atoms with Crippen LogP contribution in [0.3, 0.4) is 0 Å². The molecule has 254 valence electrons. The third-order valence-electron chi connectivity index (χ3n) is 10.3. The second-order valence-corrected chi connectivity index (χ2v) is 14.6. The van der Waals surface area contributed by atoms with Crippen molar-refractivity contribution in [3.05, 3.63) is 206 Å². The van der Waals surface area contributed by atoms with Crippen molar-refractivity contribution in [2.45, 2.75) is 0 Å². The molecule has 10 rings (SSSR count). The summed E-state index contributed by atoms with van der Waals surface area (Å²) in [6.07, 6.45) is 0. The predicted molar refractivity (Wildman–Crippen MR) is 231 cm³/mol. The fraction of sp³-hybridized carbons (Fsp3) is 0. The Morgan fingerprint density at radius 2 is 0.852 bits per heavy atom. The topological polar surface area (TPSA) is 16.1 Å². The normalized spacial score (nSPS) is 11.3. The Morgan fingerprint density at radius 3 is 1.48 bits per heavy atom. The molecule has 0 atom stereocenters. The minimum atomic E-state index is 1.06. The van der Waals surface area contributed by atoms with Gasteiger partial charge >= 0.3 is 0 Å². The minimum absolute atomic E-state index is 1.06. The molecule has 0 radical (unpaired) electrons. The van der Waals surface area contributed by atoms with E-state index in [-0.39, 0.29) is 0 Å². The van der Waals surface area contributed by atoms with Crippen LogP contribution in [-0.4, -0.2) is 4.98 Å². The lowest BCUT2D eigenvalue weighted by Crippen LogP contribution is -2.10. The quantitative estimate of drug-likeness (QED) is 0.153. The Morgan fingerprint density at radius 1 is 0.352 bits per heavy atom. The Bertz CT molecular complexity index is 2830. The maximum atomic E-state index is 5.18. The molecule has 0 bridgehead atoms. The summed E-state index contributed by atoms with van der Waals surface area (Å²) in [5.74, 6) is 0. The summed E-state index contributed by atoms with van der Waals surface area (Å²) in [4.78, 5) is 7.54. The summed E-state index contributed by atoms with van der Waals surface area (Å²) in [7, 11) is 0. The maximum Gasteiger partial charge on any atom is 0.124 e. The van der Waals surface area contributed by atoms with Crippen molar-refractivity contribution >= 4 is 60.2 Å². The molecule has 10 aromatic rings. The molecule has 0 fully saturated rings. The van der Waals surface area contributed by atoms with Gasteiger partial charge in [0.15, 0.2) is 0 Å². The molecule has 3 heteroatoms. The fourth-order valence-electron chi connectivity index (χ4n) is 7.58. The summed E-state index contributed by atoms with van der Waals surface area (Å²) in [5.41, 5.74) is 12.7. The number of nitrogens with zero attached hydrogens (tertiary/aromatic N) is 2. The fourth-order valence-corrected chi connectivity index (χ4v) is 8.56. The van der Waals surface area contributed by atoms with E-state index in [1.807, 2.05) is 0 Å². The van der Waals surface area contributed by atoms with Crippen LogP contribution in [0.25, 0.3) is 75.7 Å². The number of benzene rings is 9. The van der Waals surface area contributed by atoms with Crippen LogP contribution in [0.1, 0.15) is 0 Å². The van der Waals surface area contributed by atoms with Gasteiger partial charge in [-0.1, -0.05) is 158 Å². The number of hydrogen-bond donors (Lipinski definition) is 0. The van der Waals surface area contributed by atoms with Gasteiger partial charge in [0, 0.05) is 28.0 Å². The molecule has 0 saturated carbocycles. The van der Waals surface area contributed by atoms with E-state index >= 15 is 0 Å². The molecule has 0 N–H and O–H groups in total. The van der Waals surface area contributed by atoms with E-state index in [4.69, 9.17) is 4.98 Å². The zero-order valence-electron chi connectivity index (χ0n) is 29.4. The summed E-state index contributed by atoms with van der Waals surface area (Å²) < 4.78 is 1.21.